The molecule has 0 bridgehead atoms. The van der Waals surface area contributed by atoms with Gasteiger partial charge in [0.15, 0.2) is 0 Å². The summed E-state index contributed by atoms with van der Waals surface area (Å²) in [6, 6.07) is 16.1. The SMILES string of the molecule is CC(CNc1ccc(-c2ccc3n[nH]c(C(C)(C)O)c3c2)nn1)c1ccc(F)cc1. The van der Waals surface area contributed by atoms with Crippen molar-refractivity contribution in [3.8, 4) is 11.3 Å². The second kappa shape index (κ2) is 7.84. The molecule has 7 heteroatoms. The first-order valence-corrected chi connectivity index (χ1v) is 9.85. The van der Waals surface area contributed by atoms with Crippen molar-refractivity contribution in [3.05, 3.63) is 71.7 Å². The van der Waals surface area contributed by atoms with Crippen molar-refractivity contribution in [3.63, 3.8) is 0 Å². The summed E-state index contributed by atoms with van der Waals surface area (Å²) in [6.07, 6.45) is 0. The molecule has 3 N–H and O–H groups in total. The summed E-state index contributed by atoms with van der Waals surface area (Å²) in [7, 11) is 0. The van der Waals surface area contributed by atoms with Crippen LogP contribution in [0.1, 0.15) is 37.9 Å². The van der Waals surface area contributed by atoms with E-state index in [9.17, 15) is 9.50 Å². The Hall–Kier alpha value is -3.32. The minimum absolute atomic E-state index is 0.204. The highest BCUT2D eigenvalue weighted by molar-refractivity contribution is 5.86. The van der Waals surface area contributed by atoms with Crippen LogP contribution < -0.4 is 5.32 Å². The molecule has 0 saturated carbocycles. The second-order valence-electron chi connectivity index (χ2n) is 8.03. The van der Waals surface area contributed by atoms with Gasteiger partial charge in [-0.25, -0.2) is 4.39 Å². The number of hydrogen-bond acceptors (Lipinski definition) is 5. The molecule has 4 aromatic rings. The Kier molecular flexibility index (Phi) is 5.22. The van der Waals surface area contributed by atoms with Crippen molar-refractivity contribution >= 4 is 16.7 Å². The van der Waals surface area contributed by atoms with Crippen LogP contribution in [0, 0.1) is 5.82 Å². The molecule has 0 spiro atoms. The maximum atomic E-state index is 13.1. The molecule has 30 heavy (non-hydrogen) atoms. The molecule has 4 rings (SSSR count). The van der Waals surface area contributed by atoms with Crippen LogP contribution in [-0.4, -0.2) is 32.0 Å². The summed E-state index contributed by atoms with van der Waals surface area (Å²) in [5.74, 6) is 0.647. The number of anilines is 1. The zero-order valence-corrected chi connectivity index (χ0v) is 17.1. The fourth-order valence-electron chi connectivity index (χ4n) is 3.38. The third-order valence-corrected chi connectivity index (χ3v) is 5.15. The summed E-state index contributed by atoms with van der Waals surface area (Å²) in [4.78, 5) is 0. The molecular formula is C23H24FN5O. The lowest BCUT2D eigenvalue weighted by molar-refractivity contribution is 0.0753. The van der Waals surface area contributed by atoms with Gasteiger partial charge < -0.3 is 10.4 Å². The number of aliphatic hydroxyl groups is 1. The molecule has 2 aromatic heterocycles. The number of fused-ring (bicyclic) bond motifs is 1. The van der Waals surface area contributed by atoms with Gasteiger partial charge in [0, 0.05) is 17.5 Å². The molecule has 1 unspecified atom stereocenters. The van der Waals surface area contributed by atoms with Crippen molar-refractivity contribution in [1.82, 2.24) is 20.4 Å². The van der Waals surface area contributed by atoms with Crippen LogP contribution >= 0.6 is 0 Å². The summed E-state index contributed by atoms with van der Waals surface area (Å²) in [5.41, 5.74) is 3.13. The van der Waals surface area contributed by atoms with E-state index in [0.717, 1.165) is 27.7 Å². The van der Waals surface area contributed by atoms with E-state index < -0.39 is 5.60 Å². The number of hydrogen-bond donors (Lipinski definition) is 3. The number of H-pyrrole nitrogens is 1. The average molecular weight is 405 g/mol. The van der Waals surface area contributed by atoms with Gasteiger partial charge >= 0.3 is 0 Å². The Morgan fingerprint density at radius 3 is 2.50 bits per heavy atom. The zero-order chi connectivity index (χ0) is 21.3. The highest BCUT2D eigenvalue weighted by Crippen LogP contribution is 2.29. The highest BCUT2D eigenvalue weighted by atomic mass is 19.1. The van der Waals surface area contributed by atoms with Gasteiger partial charge in [-0.2, -0.15) is 5.10 Å². The molecule has 0 fully saturated rings. The minimum Gasteiger partial charge on any atom is -0.384 e. The largest absolute Gasteiger partial charge is 0.384 e. The Balaban J connectivity index is 1.48. The molecular weight excluding hydrogens is 381 g/mol. The predicted molar refractivity (Wildman–Crippen MR) is 116 cm³/mol. The van der Waals surface area contributed by atoms with E-state index in [4.69, 9.17) is 0 Å². The molecule has 2 heterocycles. The number of aromatic amines is 1. The van der Waals surface area contributed by atoms with E-state index in [1.807, 2.05) is 30.3 Å². The molecule has 0 aliphatic rings. The lowest BCUT2D eigenvalue weighted by Gasteiger charge is -2.15. The molecule has 154 valence electrons. The smallest absolute Gasteiger partial charge is 0.148 e. The van der Waals surface area contributed by atoms with Gasteiger partial charge in [0.1, 0.15) is 17.2 Å². The quantitative estimate of drug-likeness (QED) is 0.436. The van der Waals surface area contributed by atoms with Gasteiger partial charge in [0.05, 0.1) is 16.9 Å². The second-order valence-corrected chi connectivity index (χ2v) is 8.03. The monoisotopic (exact) mass is 405 g/mol. The summed E-state index contributed by atoms with van der Waals surface area (Å²) in [5, 5.41) is 30.3. The van der Waals surface area contributed by atoms with Crippen LogP contribution in [0.25, 0.3) is 22.2 Å². The highest BCUT2D eigenvalue weighted by Gasteiger charge is 2.22. The number of nitrogens with one attached hydrogen (secondary N) is 2. The number of halogens is 1. The fourth-order valence-corrected chi connectivity index (χ4v) is 3.38. The normalized spacial score (nSPS) is 12.8. The van der Waals surface area contributed by atoms with Crippen LogP contribution in [0.3, 0.4) is 0 Å². The van der Waals surface area contributed by atoms with Crippen LogP contribution in [0.4, 0.5) is 10.2 Å². The van der Waals surface area contributed by atoms with Crippen LogP contribution in [0.5, 0.6) is 0 Å². The molecule has 2 aromatic carbocycles. The first kappa shape index (κ1) is 20.0. The molecule has 0 saturated heterocycles. The third-order valence-electron chi connectivity index (χ3n) is 5.15. The lowest BCUT2D eigenvalue weighted by Crippen LogP contribution is -2.16. The Labute approximate surface area is 174 Å². The van der Waals surface area contributed by atoms with E-state index in [1.54, 1.807) is 26.0 Å². The average Bonchev–Trinajstić information content (AvgIpc) is 3.17. The first-order chi connectivity index (χ1) is 14.3. The van der Waals surface area contributed by atoms with Crippen LogP contribution in [-0.2, 0) is 5.60 Å². The van der Waals surface area contributed by atoms with E-state index >= 15 is 0 Å². The van der Waals surface area contributed by atoms with Gasteiger partial charge in [-0.05, 0) is 61.7 Å². The predicted octanol–water partition coefficient (Wildman–Crippen LogP) is 4.60. The van der Waals surface area contributed by atoms with Crippen molar-refractivity contribution in [2.45, 2.75) is 32.3 Å². The summed E-state index contributed by atoms with van der Waals surface area (Å²) in [6.45, 7) is 6.18. The van der Waals surface area contributed by atoms with Gasteiger partial charge in [0.2, 0.25) is 0 Å². The maximum absolute atomic E-state index is 13.1. The van der Waals surface area contributed by atoms with Crippen LogP contribution in [0.2, 0.25) is 0 Å². The van der Waals surface area contributed by atoms with Gasteiger partial charge in [-0.15, -0.1) is 10.2 Å². The van der Waals surface area contributed by atoms with Crippen molar-refractivity contribution in [2.24, 2.45) is 0 Å². The van der Waals surface area contributed by atoms with E-state index in [0.29, 0.717) is 18.1 Å². The number of aromatic nitrogens is 4. The Morgan fingerprint density at radius 2 is 1.83 bits per heavy atom. The Bertz CT molecular complexity index is 1150. The zero-order valence-electron chi connectivity index (χ0n) is 17.1. The van der Waals surface area contributed by atoms with E-state index in [1.165, 1.54) is 12.1 Å². The number of rotatable bonds is 6. The maximum Gasteiger partial charge on any atom is 0.148 e. The van der Waals surface area contributed by atoms with Gasteiger partial charge in [-0.3, -0.25) is 5.10 Å². The summed E-state index contributed by atoms with van der Waals surface area (Å²) >= 11 is 0. The van der Waals surface area contributed by atoms with Crippen molar-refractivity contribution in [2.75, 3.05) is 11.9 Å². The minimum atomic E-state index is -1.02. The van der Waals surface area contributed by atoms with Crippen molar-refractivity contribution < 1.29 is 9.50 Å². The Morgan fingerprint density at radius 1 is 1.07 bits per heavy atom. The first-order valence-electron chi connectivity index (χ1n) is 9.85. The van der Waals surface area contributed by atoms with Crippen molar-refractivity contribution in [1.29, 1.82) is 0 Å². The molecule has 6 nitrogen and oxygen atoms in total. The number of benzene rings is 2. The van der Waals surface area contributed by atoms with Gasteiger partial charge in [-0.1, -0.05) is 25.1 Å². The molecule has 0 radical (unpaired) electrons. The number of nitrogens with zero attached hydrogens (tertiary/aromatic N) is 3. The van der Waals surface area contributed by atoms with E-state index in [2.05, 4.69) is 32.6 Å². The third kappa shape index (κ3) is 4.16. The molecule has 0 amide bonds. The summed E-state index contributed by atoms with van der Waals surface area (Å²) < 4.78 is 13.1. The lowest BCUT2D eigenvalue weighted by atomic mass is 9.99. The molecule has 0 aliphatic carbocycles. The van der Waals surface area contributed by atoms with Gasteiger partial charge in [0.25, 0.3) is 0 Å². The fraction of sp³-hybridized carbons (Fsp3) is 0.261. The van der Waals surface area contributed by atoms with Crippen LogP contribution in [0.15, 0.2) is 54.6 Å². The molecule has 1 atom stereocenters. The molecule has 0 aliphatic heterocycles. The van der Waals surface area contributed by atoms with E-state index in [-0.39, 0.29) is 11.7 Å². The standard InChI is InChI=1S/C23H24FN5O/c1-14(15-4-7-17(24)8-5-15)13-25-21-11-10-19(26-28-21)16-6-9-20-18(12-16)22(29-27-20)23(2,3)30/h4-12,14,30H,13H2,1-3H3,(H,25,28)(H,27,29). The topological polar surface area (TPSA) is 86.7 Å².